The first-order valence-electron chi connectivity index (χ1n) is 10.7. The number of carbonyl (C=O) groups excluding carboxylic acids is 1. The molecule has 158 valence electrons. The lowest BCUT2D eigenvalue weighted by Gasteiger charge is -2.41. The fourth-order valence-corrected chi connectivity index (χ4v) is 4.78. The Hall–Kier alpha value is -2.70. The molecule has 3 heterocycles. The molecule has 0 spiro atoms. The summed E-state index contributed by atoms with van der Waals surface area (Å²) >= 11 is 0. The lowest BCUT2D eigenvalue weighted by atomic mass is 9.81. The van der Waals surface area contributed by atoms with Gasteiger partial charge in [-0.1, -0.05) is 30.3 Å². The number of pyridine rings is 1. The molecule has 1 aliphatic heterocycles. The number of rotatable bonds is 3. The molecule has 2 aromatic heterocycles. The van der Waals surface area contributed by atoms with Crippen LogP contribution in [0.3, 0.4) is 0 Å². The number of hydrogen-bond donors (Lipinski definition) is 1. The highest BCUT2D eigenvalue weighted by molar-refractivity contribution is 5.99. The molecular weight excluding hydrogens is 374 g/mol. The minimum Gasteiger partial charge on any atom is -0.346 e. The molecule has 2 amide bonds. The Kier molecular flexibility index (Phi) is 5.38. The van der Waals surface area contributed by atoms with Gasteiger partial charge in [-0.2, -0.15) is 0 Å². The molecular formula is C24H32N5O+. The molecule has 3 aromatic rings. The first-order valence-corrected chi connectivity index (χ1v) is 10.7. The maximum absolute atomic E-state index is 13.7. The summed E-state index contributed by atoms with van der Waals surface area (Å²) < 4.78 is 0.316. The molecule has 4 rings (SSSR count). The second kappa shape index (κ2) is 7.85. The topological polar surface area (TPSA) is 52.2 Å². The quantitative estimate of drug-likeness (QED) is 0.663. The zero-order valence-corrected chi connectivity index (χ0v) is 18.4. The molecule has 1 atom stereocenters. The molecule has 0 unspecified atom stereocenters. The molecule has 0 bridgehead atoms. The Bertz CT molecular complexity index is 1030. The van der Waals surface area contributed by atoms with E-state index in [1.54, 1.807) is 6.20 Å². The number of urea groups is 1. The molecule has 1 saturated heterocycles. The van der Waals surface area contributed by atoms with Crippen molar-refractivity contribution in [2.45, 2.75) is 24.8 Å². The molecule has 1 fully saturated rings. The van der Waals surface area contributed by atoms with Crippen molar-refractivity contribution in [2.75, 3.05) is 46.2 Å². The number of anilines is 1. The first-order chi connectivity index (χ1) is 14.3. The van der Waals surface area contributed by atoms with Gasteiger partial charge >= 0.3 is 6.03 Å². The molecule has 0 saturated carbocycles. The molecule has 1 aliphatic rings. The normalized spacial score (nSPS) is 22.7. The van der Waals surface area contributed by atoms with E-state index in [1.165, 1.54) is 5.56 Å². The Balaban J connectivity index is 1.75. The van der Waals surface area contributed by atoms with Crippen LogP contribution in [0, 0.1) is 0 Å². The van der Waals surface area contributed by atoms with Crippen LogP contribution < -0.4 is 4.90 Å². The Morgan fingerprint density at radius 3 is 2.60 bits per heavy atom. The Morgan fingerprint density at radius 1 is 1.10 bits per heavy atom. The zero-order valence-electron chi connectivity index (χ0n) is 18.4. The van der Waals surface area contributed by atoms with E-state index in [9.17, 15) is 4.79 Å². The summed E-state index contributed by atoms with van der Waals surface area (Å²) in [7, 11) is 8.39. The number of nitrogens with one attached hydrogen (secondary N) is 1. The van der Waals surface area contributed by atoms with Gasteiger partial charge in [-0.3, -0.25) is 9.80 Å². The van der Waals surface area contributed by atoms with E-state index < -0.39 is 0 Å². The highest BCUT2D eigenvalue weighted by atomic mass is 16.2. The van der Waals surface area contributed by atoms with E-state index in [0.717, 1.165) is 42.5 Å². The van der Waals surface area contributed by atoms with Crippen LogP contribution in [0.4, 0.5) is 10.5 Å². The van der Waals surface area contributed by atoms with Crippen LogP contribution in [0.25, 0.3) is 11.0 Å². The summed E-state index contributed by atoms with van der Waals surface area (Å²) in [5.74, 6) is 0. The fourth-order valence-electron chi connectivity index (χ4n) is 4.78. The highest BCUT2D eigenvalue weighted by Crippen LogP contribution is 2.38. The Morgan fingerprint density at radius 2 is 1.87 bits per heavy atom. The second-order valence-electron chi connectivity index (χ2n) is 9.06. The molecule has 6 nitrogen and oxygen atoms in total. The van der Waals surface area contributed by atoms with Gasteiger partial charge in [0.05, 0.1) is 31.9 Å². The third-order valence-electron chi connectivity index (χ3n) is 6.70. The van der Waals surface area contributed by atoms with Gasteiger partial charge < -0.3 is 4.98 Å². The van der Waals surface area contributed by atoms with Crippen LogP contribution in [0.1, 0.15) is 24.8 Å². The largest absolute Gasteiger partial charge is 0.423 e. The van der Waals surface area contributed by atoms with Gasteiger partial charge in [0.1, 0.15) is 5.65 Å². The number of benzene rings is 1. The van der Waals surface area contributed by atoms with Gasteiger partial charge in [-0.05, 0) is 44.6 Å². The average molecular weight is 407 g/mol. The predicted molar refractivity (Wildman–Crippen MR) is 121 cm³/mol. The van der Waals surface area contributed by atoms with E-state index in [1.807, 2.05) is 37.3 Å². The van der Waals surface area contributed by atoms with Crippen molar-refractivity contribution in [2.24, 2.45) is 0 Å². The number of H-pyrrole nitrogens is 1. The number of hydrogen-bond acceptors (Lipinski definition) is 3. The van der Waals surface area contributed by atoms with Crippen LogP contribution in [0.2, 0.25) is 0 Å². The van der Waals surface area contributed by atoms with E-state index in [2.05, 4.69) is 59.3 Å². The molecule has 1 aromatic carbocycles. The van der Waals surface area contributed by atoms with Crippen LogP contribution in [-0.4, -0.2) is 66.7 Å². The standard InChI is InChI=1S/C24H32N5O/c1-27(2)24(19-9-6-5-7-10-19)13-8-17-28(23(30)29(3,4)18-14-24)21-12-16-26-22-20(21)11-15-25-22/h5-7,9-12,15-16H,8,13-14,17-18H2,1-4H3,(H,25,26)/q+1/t24-/m0/s1. The van der Waals surface area contributed by atoms with Crippen LogP contribution in [0.15, 0.2) is 54.9 Å². The molecule has 30 heavy (non-hydrogen) atoms. The van der Waals surface area contributed by atoms with Gasteiger partial charge in [-0.15, -0.1) is 0 Å². The van der Waals surface area contributed by atoms with E-state index >= 15 is 0 Å². The number of nitrogens with zero attached hydrogens (tertiary/aromatic N) is 4. The number of fused-ring (bicyclic) bond motifs is 1. The number of aromatic amines is 1. The monoisotopic (exact) mass is 406 g/mol. The van der Waals surface area contributed by atoms with Crippen molar-refractivity contribution in [1.29, 1.82) is 0 Å². The van der Waals surface area contributed by atoms with Gasteiger partial charge in [0, 0.05) is 30.7 Å². The summed E-state index contributed by atoms with van der Waals surface area (Å²) in [6.07, 6.45) is 6.51. The van der Waals surface area contributed by atoms with Crippen molar-refractivity contribution < 1.29 is 9.28 Å². The van der Waals surface area contributed by atoms with E-state index in [4.69, 9.17) is 0 Å². The summed E-state index contributed by atoms with van der Waals surface area (Å²) in [4.78, 5) is 25.6. The Labute approximate surface area is 178 Å². The lowest BCUT2D eigenvalue weighted by molar-refractivity contribution is -0.808. The van der Waals surface area contributed by atoms with Gasteiger partial charge in [0.25, 0.3) is 0 Å². The van der Waals surface area contributed by atoms with Crippen LogP contribution >= 0.6 is 0 Å². The minimum atomic E-state index is -0.0886. The number of quaternary nitrogens is 1. The second-order valence-corrected chi connectivity index (χ2v) is 9.06. The zero-order chi connectivity index (χ0) is 21.4. The van der Waals surface area contributed by atoms with E-state index in [0.29, 0.717) is 11.0 Å². The van der Waals surface area contributed by atoms with Gasteiger partial charge in [0.15, 0.2) is 0 Å². The summed E-state index contributed by atoms with van der Waals surface area (Å²) in [5.41, 5.74) is 2.99. The third kappa shape index (κ3) is 3.50. The molecule has 6 heteroatoms. The van der Waals surface area contributed by atoms with Crippen LogP contribution in [-0.2, 0) is 5.54 Å². The van der Waals surface area contributed by atoms with Crippen LogP contribution in [0.5, 0.6) is 0 Å². The third-order valence-corrected chi connectivity index (χ3v) is 6.70. The number of amides is 2. The number of aromatic nitrogens is 2. The fraction of sp³-hybridized carbons (Fsp3) is 0.417. The van der Waals surface area contributed by atoms with Crippen molar-refractivity contribution >= 4 is 22.8 Å². The number of carbonyl (C=O) groups is 1. The maximum atomic E-state index is 13.7. The molecule has 1 N–H and O–H groups in total. The average Bonchev–Trinajstić information content (AvgIpc) is 3.23. The van der Waals surface area contributed by atoms with Crippen molar-refractivity contribution in [3.63, 3.8) is 0 Å². The van der Waals surface area contributed by atoms with Gasteiger partial charge in [0.2, 0.25) is 0 Å². The highest BCUT2D eigenvalue weighted by Gasteiger charge is 2.42. The summed E-state index contributed by atoms with van der Waals surface area (Å²) in [5, 5.41) is 0.993. The lowest BCUT2D eigenvalue weighted by Crippen LogP contribution is -2.55. The van der Waals surface area contributed by atoms with Crippen molar-refractivity contribution in [3.8, 4) is 0 Å². The summed E-state index contributed by atoms with van der Waals surface area (Å²) in [6.45, 7) is 1.46. The minimum absolute atomic E-state index is 0.0886. The smallest absolute Gasteiger partial charge is 0.346 e. The predicted octanol–water partition coefficient (Wildman–Crippen LogP) is 4.21. The van der Waals surface area contributed by atoms with Crippen molar-refractivity contribution in [1.82, 2.24) is 14.9 Å². The van der Waals surface area contributed by atoms with E-state index in [-0.39, 0.29) is 11.6 Å². The first kappa shape index (κ1) is 20.6. The summed E-state index contributed by atoms with van der Waals surface area (Å²) in [6, 6.07) is 14.8. The SMILES string of the molecule is CN(C)[C@@]1(c2ccccc2)CCCN(c2ccnc3[nH]ccc23)C(=O)[N+](C)(C)CC1. The van der Waals surface area contributed by atoms with Crippen molar-refractivity contribution in [3.05, 3.63) is 60.4 Å². The van der Waals surface area contributed by atoms with Gasteiger partial charge in [-0.25, -0.2) is 14.3 Å². The maximum Gasteiger partial charge on any atom is 0.423 e. The molecule has 0 radical (unpaired) electrons. The molecule has 0 aliphatic carbocycles.